The standard InChI is InChI=1S/C15H14ClN3O4S/c1-2-21-13(20)5-10-7-24-15(18-10)19-17-6-9-3-11(16)14-12(4-9)22-8-23-14/h3-4,6-7H,2,5,8H2,1H3,(H,18,19). The number of nitrogens with one attached hydrogen (secondary N) is 1. The maximum absolute atomic E-state index is 11.4. The van der Waals surface area contributed by atoms with Crippen LogP contribution in [-0.4, -0.2) is 30.6 Å². The predicted octanol–water partition coefficient (Wildman–Crippen LogP) is 3.08. The Bertz CT molecular complexity index is 778. The van der Waals surface area contributed by atoms with Gasteiger partial charge in [0.25, 0.3) is 0 Å². The first kappa shape index (κ1) is 16.5. The molecule has 1 aromatic heterocycles. The molecule has 0 unspecified atom stereocenters. The van der Waals surface area contributed by atoms with Crippen LogP contribution in [0.5, 0.6) is 11.5 Å². The number of aromatic nitrogens is 1. The van der Waals surface area contributed by atoms with Gasteiger partial charge in [-0.15, -0.1) is 11.3 Å². The molecule has 0 saturated heterocycles. The number of fused-ring (bicyclic) bond motifs is 1. The van der Waals surface area contributed by atoms with Gasteiger partial charge in [-0.2, -0.15) is 5.10 Å². The van der Waals surface area contributed by atoms with Gasteiger partial charge in [-0.05, 0) is 24.6 Å². The third-order valence-corrected chi connectivity index (χ3v) is 4.08. The van der Waals surface area contributed by atoms with E-state index >= 15 is 0 Å². The van der Waals surface area contributed by atoms with E-state index in [0.717, 1.165) is 5.56 Å². The Hall–Kier alpha value is -2.32. The summed E-state index contributed by atoms with van der Waals surface area (Å²) in [6.07, 6.45) is 1.74. The first-order valence-corrected chi connectivity index (χ1v) is 8.39. The number of thiazole rings is 1. The molecule has 1 aromatic carbocycles. The lowest BCUT2D eigenvalue weighted by molar-refractivity contribution is -0.142. The normalized spacial score (nSPS) is 12.6. The molecule has 3 rings (SSSR count). The van der Waals surface area contributed by atoms with Crippen molar-refractivity contribution < 1.29 is 19.0 Å². The lowest BCUT2D eigenvalue weighted by atomic mass is 10.2. The molecule has 1 aliphatic heterocycles. The highest BCUT2D eigenvalue weighted by Crippen LogP contribution is 2.39. The number of ether oxygens (including phenoxy) is 3. The summed E-state index contributed by atoms with van der Waals surface area (Å²) in [4.78, 5) is 15.7. The van der Waals surface area contributed by atoms with E-state index in [1.807, 2.05) is 0 Å². The maximum atomic E-state index is 11.4. The van der Waals surface area contributed by atoms with Crippen LogP contribution in [0.25, 0.3) is 0 Å². The van der Waals surface area contributed by atoms with Crippen molar-refractivity contribution in [1.82, 2.24) is 4.98 Å². The summed E-state index contributed by atoms with van der Waals surface area (Å²) in [5.74, 6) is 0.841. The van der Waals surface area contributed by atoms with E-state index in [9.17, 15) is 4.79 Å². The molecule has 126 valence electrons. The van der Waals surface area contributed by atoms with Crippen molar-refractivity contribution in [3.8, 4) is 11.5 Å². The summed E-state index contributed by atoms with van der Waals surface area (Å²) in [5, 5.41) is 6.94. The third kappa shape index (κ3) is 3.95. The van der Waals surface area contributed by atoms with Gasteiger partial charge in [-0.25, -0.2) is 4.98 Å². The molecule has 0 spiro atoms. The highest BCUT2D eigenvalue weighted by molar-refractivity contribution is 7.13. The molecule has 0 amide bonds. The fourth-order valence-corrected chi connectivity index (χ4v) is 2.96. The average molecular weight is 368 g/mol. The molecule has 2 heterocycles. The van der Waals surface area contributed by atoms with Gasteiger partial charge in [0.05, 0.1) is 30.0 Å². The zero-order valence-corrected chi connectivity index (χ0v) is 14.3. The number of carbonyl (C=O) groups excluding carboxylic acids is 1. The Labute approximate surface area is 147 Å². The molecule has 24 heavy (non-hydrogen) atoms. The van der Waals surface area contributed by atoms with Crippen molar-refractivity contribution in [2.24, 2.45) is 5.10 Å². The number of hydrogen-bond donors (Lipinski definition) is 1. The zero-order valence-electron chi connectivity index (χ0n) is 12.7. The van der Waals surface area contributed by atoms with Gasteiger partial charge in [0.2, 0.25) is 11.9 Å². The van der Waals surface area contributed by atoms with Crippen LogP contribution in [0.1, 0.15) is 18.2 Å². The third-order valence-electron chi connectivity index (χ3n) is 3.01. The molecule has 1 N–H and O–H groups in total. The van der Waals surface area contributed by atoms with Crippen molar-refractivity contribution >= 4 is 40.3 Å². The Balaban J connectivity index is 1.60. The smallest absolute Gasteiger partial charge is 0.311 e. The van der Waals surface area contributed by atoms with Gasteiger partial charge < -0.3 is 14.2 Å². The van der Waals surface area contributed by atoms with Gasteiger partial charge in [0, 0.05) is 5.38 Å². The quantitative estimate of drug-likeness (QED) is 0.480. The van der Waals surface area contributed by atoms with Crippen molar-refractivity contribution in [3.05, 3.63) is 33.8 Å². The Morgan fingerprint density at radius 3 is 3.25 bits per heavy atom. The monoisotopic (exact) mass is 367 g/mol. The molecule has 9 heteroatoms. The van der Waals surface area contributed by atoms with Gasteiger partial charge in [-0.3, -0.25) is 10.2 Å². The molecule has 1 aliphatic rings. The Morgan fingerprint density at radius 2 is 2.42 bits per heavy atom. The number of carbonyl (C=O) groups is 1. The minimum Gasteiger partial charge on any atom is -0.466 e. The molecule has 0 atom stereocenters. The van der Waals surface area contributed by atoms with Crippen LogP contribution >= 0.6 is 22.9 Å². The maximum Gasteiger partial charge on any atom is 0.311 e. The van der Waals surface area contributed by atoms with E-state index < -0.39 is 0 Å². The van der Waals surface area contributed by atoms with Gasteiger partial charge in [0.1, 0.15) is 0 Å². The molecule has 0 fully saturated rings. The first-order valence-electron chi connectivity index (χ1n) is 7.14. The molecule has 0 bridgehead atoms. The zero-order chi connectivity index (χ0) is 16.9. The number of esters is 1. The van der Waals surface area contributed by atoms with E-state index in [-0.39, 0.29) is 19.2 Å². The topological polar surface area (TPSA) is 82.0 Å². The SMILES string of the molecule is CCOC(=O)Cc1csc(NN=Cc2cc(Cl)c3c(c2)OCO3)n1. The molecular weight excluding hydrogens is 354 g/mol. The minimum absolute atomic E-state index is 0.146. The second-order valence-electron chi connectivity index (χ2n) is 4.73. The molecular formula is C15H14ClN3O4S. The molecule has 0 aliphatic carbocycles. The van der Waals surface area contributed by atoms with Gasteiger partial charge >= 0.3 is 5.97 Å². The number of anilines is 1. The van der Waals surface area contributed by atoms with E-state index in [1.165, 1.54) is 11.3 Å². The number of nitrogens with zero attached hydrogens (tertiary/aromatic N) is 2. The van der Waals surface area contributed by atoms with Crippen LogP contribution in [0.4, 0.5) is 5.13 Å². The lowest BCUT2D eigenvalue weighted by Gasteiger charge is -2.00. The molecule has 7 nitrogen and oxygen atoms in total. The largest absolute Gasteiger partial charge is 0.466 e. The van der Waals surface area contributed by atoms with Gasteiger partial charge in [0.15, 0.2) is 11.5 Å². The Morgan fingerprint density at radius 1 is 1.54 bits per heavy atom. The van der Waals surface area contributed by atoms with Crippen LogP contribution in [0.3, 0.4) is 0 Å². The average Bonchev–Trinajstić information content (AvgIpc) is 3.17. The summed E-state index contributed by atoms with van der Waals surface area (Å²) in [6.45, 7) is 2.29. The van der Waals surface area contributed by atoms with E-state index in [0.29, 0.717) is 34.0 Å². The van der Waals surface area contributed by atoms with E-state index in [4.69, 9.17) is 25.8 Å². The van der Waals surface area contributed by atoms with Crippen molar-refractivity contribution in [2.45, 2.75) is 13.3 Å². The second-order valence-corrected chi connectivity index (χ2v) is 6.00. The molecule has 0 saturated carbocycles. The van der Waals surface area contributed by atoms with Crippen molar-refractivity contribution in [1.29, 1.82) is 0 Å². The lowest BCUT2D eigenvalue weighted by Crippen LogP contribution is -2.07. The fraction of sp³-hybridized carbons (Fsp3) is 0.267. The highest BCUT2D eigenvalue weighted by Gasteiger charge is 2.17. The summed E-state index contributed by atoms with van der Waals surface area (Å²) < 4.78 is 15.4. The number of hydrogen-bond acceptors (Lipinski definition) is 8. The van der Waals surface area contributed by atoms with Crippen LogP contribution in [0.2, 0.25) is 5.02 Å². The highest BCUT2D eigenvalue weighted by atomic mass is 35.5. The predicted molar refractivity (Wildman–Crippen MR) is 91.2 cm³/mol. The summed E-state index contributed by atoms with van der Waals surface area (Å²) in [5.41, 5.74) is 4.22. The number of halogens is 1. The summed E-state index contributed by atoms with van der Waals surface area (Å²) in [7, 11) is 0. The van der Waals surface area contributed by atoms with E-state index in [2.05, 4.69) is 15.5 Å². The van der Waals surface area contributed by atoms with Crippen LogP contribution in [0.15, 0.2) is 22.6 Å². The van der Waals surface area contributed by atoms with Crippen LogP contribution in [-0.2, 0) is 16.0 Å². The van der Waals surface area contributed by atoms with Crippen molar-refractivity contribution in [3.63, 3.8) is 0 Å². The number of rotatable bonds is 6. The van der Waals surface area contributed by atoms with E-state index in [1.54, 1.807) is 30.7 Å². The second kappa shape index (κ2) is 7.50. The van der Waals surface area contributed by atoms with Crippen LogP contribution in [0, 0.1) is 0 Å². The molecule has 0 radical (unpaired) electrons. The number of benzene rings is 1. The fourth-order valence-electron chi connectivity index (χ4n) is 2.02. The summed E-state index contributed by atoms with van der Waals surface area (Å²) in [6, 6.07) is 3.52. The minimum atomic E-state index is -0.298. The van der Waals surface area contributed by atoms with Crippen LogP contribution < -0.4 is 14.9 Å². The summed E-state index contributed by atoms with van der Waals surface area (Å²) >= 11 is 7.46. The number of hydrazone groups is 1. The first-order chi connectivity index (χ1) is 11.7. The van der Waals surface area contributed by atoms with Crippen molar-refractivity contribution in [2.75, 3.05) is 18.8 Å². The Kier molecular flexibility index (Phi) is 5.17. The van der Waals surface area contributed by atoms with Gasteiger partial charge in [-0.1, -0.05) is 11.6 Å². The molecule has 2 aromatic rings.